The van der Waals surface area contributed by atoms with Crippen molar-refractivity contribution < 1.29 is 0 Å². The summed E-state index contributed by atoms with van der Waals surface area (Å²) in [5.74, 6) is 3.51. The topological polar surface area (TPSA) is 29.3 Å². The lowest BCUT2D eigenvalue weighted by atomic mass is 9.66. The molecule has 1 aliphatic heterocycles. The van der Waals surface area contributed by atoms with Gasteiger partial charge in [0.2, 0.25) is 0 Å². The SMILES string of the molecule is CC(C)(C)C1CCC(CN)(N2CCCSCC2)CC1. The minimum atomic E-state index is 0.326. The maximum atomic E-state index is 6.23. The second-order valence-electron chi connectivity index (χ2n) is 7.52. The van der Waals surface area contributed by atoms with Crippen LogP contribution in [0.2, 0.25) is 0 Å². The molecule has 2 aliphatic rings. The van der Waals surface area contributed by atoms with Crippen LogP contribution in [-0.2, 0) is 0 Å². The number of nitrogens with zero attached hydrogens (tertiary/aromatic N) is 1. The predicted molar refractivity (Wildman–Crippen MR) is 86.7 cm³/mol. The molecule has 0 unspecified atom stereocenters. The Balaban J connectivity index is 2.00. The van der Waals surface area contributed by atoms with Gasteiger partial charge in [0.1, 0.15) is 0 Å². The highest BCUT2D eigenvalue weighted by Crippen LogP contribution is 2.43. The van der Waals surface area contributed by atoms with Crippen LogP contribution in [0.3, 0.4) is 0 Å². The molecule has 1 saturated heterocycles. The van der Waals surface area contributed by atoms with E-state index >= 15 is 0 Å². The average Bonchev–Trinajstić information content (AvgIpc) is 2.67. The van der Waals surface area contributed by atoms with Crippen LogP contribution in [-0.4, -0.2) is 41.6 Å². The highest BCUT2D eigenvalue weighted by atomic mass is 32.2. The predicted octanol–water partition coefficient (Wildman–Crippen LogP) is 3.36. The number of rotatable bonds is 2. The van der Waals surface area contributed by atoms with Crippen LogP contribution >= 0.6 is 11.8 Å². The van der Waals surface area contributed by atoms with Crippen LogP contribution < -0.4 is 5.73 Å². The van der Waals surface area contributed by atoms with E-state index in [9.17, 15) is 0 Å². The summed E-state index contributed by atoms with van der Waals surface area (Å²) in [5, 5.41) is 0. The van der Waals surface area contributed by atoms with E-state index in [-0.39, 0.29) is 0 Å². The molecule has 1 saturated carbocycles. The zero-order valence-electron chi connectivity index (χ0n) is 13.1. The van der Waals surface area contributed by atoms with Gasteiger partial charge >= 0.3 is 0 Å². The highest BCUT2D eigenvalue weighted by Gasteiger charge is 2.41. The Morgan fingerprint density at radius 3 is 2.42 bits per heavy atom. The molecule has 3 heteroatoms. The minimum absolute atomic E-state index is 0.326. The summed E-state index contributed by atoms with van der Waals surface area (Å²) in [4.78, 5) is 2.74. The molecule has 0 aromatic carbocycles. The summed E-state index contributed by atoms with van der Waals surface area (Å²) in [6.45, 7) is 10.6. The standard InChI is InChI=1S/C16H32N2S/c1-15(2,3)14-5-7-16(13-17,8-6-14)18-9-4-11-19-12-10-18/h14H,4-13,17H2,1-3H3. The van der Waals surface area contributed by atoms with Crippen molar-refractivity contribution in [1.29, 1.82) is 0 Å². The summed E-state index contributed by atoms with van der Waals surface area (Å²) in [6.07, 6.45) is 6.70. The van der Waals surface area contributed by atoms with Gasteiger partial charge < -0.3 is 5.73 Å². The number of nitrogens with two attached hydrogens (primary N) is 1. The first-order valence-electron chi connectivity index (χ1n) is 8.01. The van der Waals surface area contributed by atoms with Crippen LogP contribution in [0.1, 0.15) is 52.9 Å². The Labute approximate surface area is 123 Å². The molecule has 1 aliphatic carbocycles. The Bertz CT molecular complexity index is 269. The van der Waals surface area contributed by atoms with E-state index in [0.717, 1.165) is 12.5 Å². The second kappa shape index (κ2) is 6.36. The van der Waals surface area contributed by atoms with Crippen molar-refractivity contribution in [2.24, 2.45) is 17.1 Å². The first kappa shape index (κ1) is 15.7. The Hall–Kier alpha value is 0.270. The molecule has 0 aromatic rings. The van der Waals surface area contributed by atoms with E-state index in [0.29, 0.717) is 11.0 Å². The second-order valence-corrected chi connectivity index (χ2v) is 8.75. The summed E-state index contributed by atoms with van der Waals surface area (Å²) in [6, 6.07) is 0. The molecule has 0 spiro atoms. The molecular weight excluding hydrogens is 252 g/mol. The van der Waals surface area contributed by atoms with E-state index in [4.69, 9.17) is 5.73 Å². The van der Waals surface area contributed by atoms with E-state index in [1.807, 2.05) is 0 Å². The Kier molecular flexibility index (Phi) is 5.24. The maximum Gasteiger partial charge on any atom is 0.0332 e. The molecule has 2 N–H and O–H groups in total. The van der Waals surface area contributed by atoms with E-state index in [1.165, 1.54) is 56.7 Å². The summed E-state index contributed by atoms with van der Waals surface area (Å²) >= 11 is 2.12. The third-order valence-corrected chi connectivity index (χ3v) is 6.46. The Morgan fingerprint density at radius 2 is 1.84 bits per heavy atom. The summed E-state index contributed by atoms with van der Waals surface area (Å²) < 4.78 is 0. The molecule has 2 fully saturated rings. The van der Waals surface area contributed by atoms with Gasteiger partial charge in [-0.2, -0.15) is 11.8 Å². The van der Waals surface area contributed by atoms with Gasteiger partial charge in [0.25, 0.3) is 0 Å². The van der Waals surface area contributed by atoms with Crippen molar-refractivity contribution in [3.63, 3.8) is 0 Å². The molecular formula is C16H32N2S. The first-order chi connectivity index (χ1) is 8.98. The van der Waals surface area contributed by atoms with E-state index in [2.05, 4.69) is 37.4 Å². The lowest BCUT2D eigenvalue weighted by Crippen LogP contribution is -2.57. The number of hydrogen-bond donors (Lipinski definition) is 1. The van der Waals surface area contributed by atoms with Crippen molar-refractivity contribution >= 4 is 11.8 Å². The summed E-state index contributed by atoms with van der Waals surface area (Å²) in [5.41, 5.74) is 7.02. The molecule has 0 bridgehead atoms. The van der Waals surface area contributed by atoms with Gasteiger partial charge in [0.15, 0.2) is 0 Å². The molecule has 0 amide bonds. The van der Waals surface area contributed by atoms with Crippen molar-refractivity contribution in [3.8, 4) is 0 Å². The van der Waals surface area contributed by atoms with Crippen molar-refractivity contribution in [1.82, 2.24) is 4.90 Å². The minimum Gasteiger partial charge on any atom is -0.329 e. The fourth-order valence-corrected chi connectivity index (χ4v) is 4.78. The van der Waals surface area contributed by atoms with Crippen LogP contribution in [0.5, 0.6) is 0 Å². The average molecular weight is 285 g/mol. The molecule has 1 heterocycles. The van der Waals surface area contributed by atoms with Crippen LogP contribution in [0.15, 0.2) is 0 Å². The quantitative estimate of drug-likeness (QED) is 0.843. The fraction of sp³-hybridized carbons (Fsp3) is 1.00. The van der Waals surface area contributed by atoms with Crippen molar-refractivity contribution in [2.45, 2.75) is 58.4 Å². The maximum absolute atomic E-state index is 6.23. The van der Waals surface area contributed by atoms with Crippen LogP contribution in [0.4, 0.5) is 0 Å². The Morgan fingerprint density at radius 1 is 1.16 bits per heavy atom. The zero-order valence-corrected chi connectivity index (χ0v) is 13.9. The van der Waals surface area contributed by atoms with E-state index < -0.39 is 0 Å². The normalized spacial score (nSPS) is 35.1. The number of hydrogen-bond acceptors (Lipinski definition) is 3. The fourth-order valence-electron chi connectivity index (χ4n) is 3.89. The van der Waals surface area contributed by atoms with Gasteiger partial charge in [-0.1, -0.05) is 20.8 Å². The molecule has 19 heavy (non-hydrogen) atoms. The smallest absolute Gasteiger partial charge is 0.0332 e. The van der Waals surface area contributed by atoms with Gasteiger partial charge in [-0.05, 0) is 55.7 Å². The molecule has 0 atom stereocenters. The van der Waals surface area contributed by atoms with Gasteiger partial charge in [0.05, 0.1) is 0 Å². The molecule has 0 radical (unpaired) electrons. The van der Waals surface area contributed by atoms with Crippen LogP contribution in [0.25, 0.3) is 0 Å². The largest absolute Gasteiger partial charge is 0.329 e. The lowest BCUT2D eigenvalue weighted by molar-refractivity contribution is 0.0260. The van der Waals surface area contributed by atoms with Crippen molar-refractivity contribution in [3.05, 3.63) is 0 Å². The zero-order chi connectivity index (χ0) is 13.9. The van der Waals surface area contributed by atoms with Gasteiger partial charge in [-0.25, -0.2) is 0 Å². The van der Waals surface area contributed by atoms with Crippen molar-refractivity contribution in [2.75, 3.05) is 31.1 Å². The molecule has 0 aromatic heterocycles. The third kappa shape index (κ3) is 3.68. The summed E-state index contributed by atoms with van der Waals surface area (Å²) in [7, 11) is 0. The molecule has 112 valence electrons. The third-order valence-electron chi connectivity index (χ3n) is 5.41. The van der Waals surface area contributed by atoms with Gasteiger partial charge in [0, 0.05) is 24.4 Å². The highest BCUT2D eigenvalue weighted by molar-refractivity contribution is 7.99. The number of thioether (sulfide) groups is 1. The first-order valence-corrected chi connectivity index (χ1v) is 9.16. The van der Waals surface area contributed by atoms with E-state index in [1.54, 1.807) is 0 Å². The molecule has 2 rings (SSSR count). The van der Waals surface area contributed by atoms with Gasteiger partial charge in [-0.3, -0.25) is 4.90 Å². The lowest BCUT2D eigenvalue weighted by Gasteiger charge is -2.49. The monoisotopic (exact) mass is 284 g/mol. The molecule has 2 nitrogen and oxygen atoms in total. The van der Waals surface area contributed by atoms with Gasteiger partial charge in [-0.15, -0.1) is 0 Å². The van der Waals surface area contributed by atoms with Crippen LogP contribution in [0, 0.1) is 11.3 Å².